The first-order chi connectivity index (χ1) is 19.1. The maximum atomic E-state index is 14.1. The molecule has 3 aromatic rings. The summed E-state index contributed by atoms with van der Waals surface area (Å²) in [5.74, 6) is -1.27. The number of rotatable bonds is 13. The Balaban J connectivity index is 2.05. The van der Waals surface area contributed by atoms with Crippen molar-refractivity contribution in [1.82, 2.24) is 10.2 Å². The molecule has 1 unspecified atom stereocenters. The largest absolute Gasteiger partial charge is 0.354 e. The van der Waals surface area contributed by atoms with Crippen molar-refractivity contribution >= 4 is 27.5 Å². The normalized spacial score (nSPS) is 12.0. The fraction of sp³-hybridized carbons (Fsp3) is 0.355. The van der Waals surface area contributed by atoms with Crippen LogP contribution in [0.15, 0.2) is 77.7 Å². The van der Waals surface area contributed by atoms with Gasteiger partial charge in [-0.1, -0.05) is 68.3 Å². The summed E-state index contributed by atoms with van der Waals surface area (Å²) in [7, 11) is -4.13. The molecule has 0 bridgehead atoms. The number of aryl methyl sites for hydroxylation is 2. The van der Waals surface area contributed by atoms with Gasteiger partial charge in [0.2, 0.25) is 11.8 Å². The van der Waals surface area contributed by atoms with Crippen molar-refractivity contribution in [3.05, 3.63) is 95.3 Å². The van der Waals surface area contributed by atoms with Gasteiger partial charge in [-0.15, -0.1) is 0 Å². The van der Waals surface area contributed by atoms with Gasteiger partial charge in [0, 0.05) is 13.1 Å². The molecule has 7 nitrogen and oxygen atoms in total. The molecule has 0 heterocycles. The monoisotopic (exact) mass is 567 g/mol. The summed E-state index contributed by atoms with van der Waals surface area (Å²) < 4.78 is 42.5. The molecule has 0 radical (unpaired) electrons. The van der Waals surface area contributed by atoms with Crippen molar-refractivity contribution in [3.63, 3.8) is 0 Å². The van der Waals surface area contributed by atoms with Crippen LogP contribution in [0.4, 0.5) is 10.1 Å². The SMILES string of the molecule is CCCCNC(=O)C(CC)N(Cc1ccc(F)cc1)C(=O)CN(c1ccc(C)cc1C)S(=O)(=O)c1ccccc1. The van der Waals surface area contributed by atoms with Crippen LogP contribution in [0.25, 0.3) is 0 Å². The second kappa shape index (κ2) is 14.1. The highest BCUT2D eigenvalue weighted by atomic mass is 32.2. The number of carbonyl (C=O) groups is 2. The van der Waals surface area contributed by atoms with Crippen molar-refractivity contribution in [1.29, 1.82) is 0 Å². The van der Waals surface area contributed by atoms with Gasteiger partial charge in [-0.25, -0.2) is 12.8 Å². The van der Waals surface area contributed by atoms with Crippen molar-refractivity contribution in [2.75, 3.05) is 17.4 Å². The number of hydrogen-bond acceptors (Lipinski definition) is 4. The average molecular weight is 568 g/mol. The lowest BCUT2D eigenvalue weighted by Crippen LogP contribution is -2.52. The highest BCUT2D eigenvalue weighted by Crippen LogP contribution is 2.28. The van der Waals surface area contributed by atoms with Crippen molar-refractivity contribution in [3.8, 4) is 0 Å². The van der Waals surface area contributed by atoms with Gasteiger partial charge in [-0.05, 0) is 68.1 Å². The predicted octanol–water partition coefficient (Wildman–Crippen LogP) is 5.36. The third-order valence-electron chi connectivity index (χ3n) is 6.71. The molecule has 1 atom stereocenters. The number of hydrogen-bond donors (Lipinski definition) is 1. The Bertz CT molecular complexity index is 1400. The molecule has 0 saturated carbocycles. The van der Waals surface area contributed by atoms with Gasteiger partial charge in [-0.3, -0.25) is 13.9 Å². The predicted molar refractivity (Wildman–Crippen MR) is 156 cm³/mol. The number of carbonyl (C=O) groups excluding carboxylic acids is 2. The van der Waals surface area contributed by atoms with Crippen LogP contribution in [-0.4, -0.2) is 44.3 Å². The molecular formula is C31H38FN3O4S. The molecule has 9 heteroatoms. The summed E-state index contributed by atoms with van der Waals surface area (Å²) in [6.45, 7) is 7.51. The Morgan fingerprint density at radius 2 is 1.62 bits per heavy atom. The number of unbranched alkanes of at least 4 members (excludes halogenated alkanes) is 1. The summed E-state index contributed by atoms with van der Waals surface area (Å²) in [4.78, 5) is 28.7. The summed E-state index contributed by atoms with van der Waals surface area (Å²) >= 11 is 0. The van der Waals surface area contributed by atoms with Crippen molar-refractivity contribution < 1.29 is 22.4 Å². The zero-order chi connectivity index (χ0) is 29.3. The number of anilines is 1. The molecular weight excluding hydrogens is 529 g/mol. The highest BCUT2D eigenvalue weighted by molar-refractivity contribution is 7.92. The minimum Gasteiger partial charge on any atom is -0.354 e. The molecule has 0 aromatic heterocycles. The zero-order valence-corrected chi connectivity index (χ0v) is 24.4. The summed E-state index contributed by atoms with van der Waals surface area (Å²) in [5.41, 5.74) is 2.66. The van der Waals surface area contributed by atoms with E-state index in [0.29, 0.717) is 29.8 Å². The minimum absolute atomic E-state index is 0.0188. The lowest BCUT2D eigenvalue weighted by Gasteiger charge is -2.33. The quantitative estimate of drug-likeness (QED) is 0.282. The Morgan fingerprint density at radius 1 is 0.950 bits per heavy atom. The van der Waals surface area contributed by atoms with Crippen LogP contribution in [0.3, 0.4) is 0 Å². The van der Waals surface area contributed by atoms with Crippen LogP contribution in [0, 0.1) is 19.7 Å². The third-order valence-corrected chi connectivity index (χ3v) is 8.49. The molecule has 40 heavy (non-hydrogen) atoms. The van der Waals surface area contributed by atoms with Crippen LogP contribution in [-0.2, 0) is 26.2 Å². The van der Waals surface area contributed by atoms with Crippen LogP contribution in [0.2, 0.25) is 0 Å². The second-order valence-electron chi connectivity index (χ2n) is 9.83. The van der Waals surface area contributed by atoms with Gasteiger partial charge >= 0.3 is 0 Å². The Labute approximate surface area is 237 Å². The zero-order valence-electron chi connectivity index (χ0n) is 23.6. The van der Waals surface area contributed by atoms with Crippen LogP contribution < -0.4 is 9.62 Å². The van der Waals surface area contributed by atoms with E-state index in [2.05, 4.69) is 5.32 Å². The van der Waals surface area contributed by atoms with Gasteiger partial charge in [-0.2, -0.15) is 0 Å². The van der Waals surface area contributed by atoms with Gasteiger partial charge in [0.15, 0.2) is 0 Å². The van der Waals surface area contributed by atoms with Crippen LogP contribution in [0.5, 0.6) is 0 Å². The maximum absolute atomic E-state index is 14.1. The standard InChI is InChI=1S/C31H38FN3O4S/c1-5-7-19-33-31(37)28(6-2)34(21-25-14-16-26(32)17-15-25)30(36)22-35(29-18-13-23(3)20-24(29)4)40(38,39)27-11-9-8-10-12-27/h8-18,20,28H,5-7,19,21-22H2,1-4H3,(H,33,37). The molecule has 3 aromatic carbocycles. The summed E-state index contributed by atoms with van der Waals surface area (Å²) in [6, 6.07) is 18.2. The number of halogens is 1. The number of sulfonamides is 1. The summed E-state index contributed by atoms with van der Waals surface area (Å²) in [5, 5.41) is 2.90. The molecule has 3 rings (SSSR count). The van der Waals surface area contributed by atoms with E-state index >= 15 is 0 Å². The molecule has 2 amide bonds. The van der Waals surface area contributed by atoms with E-state index in [1.165, 1.54) is 29.2 Å². The first-order valence-electron chi connectivity index (χ1n) is 13.5. The van der Waals surface area contributed by atoms with E-state index in [1.54, 1.807) is 56.3 Å². The van der Waals surface area contributed by atoms with Gasteiger partial charge < -0.3 is 10.2 Å². The Morgan fingerprint density at radius 3 is 2.23 bits per heavy atom. The van der Waals surface area contributed by atoms with E-state index in [9.17, 15) is 22.4 Å². The fourth-order valence-electron chi connectivity index (χ4n) is 4.53. The Hall–Kier alpha value is -3.72. The molecule has 1 N–H and O–H groups in total. The fourth-order valence-corrected chi connectivity index (χ4v) is 6.03. The maximum Gasteiger partial charge on any atom is 0.264 e. The molecule has 0 spiro atoms. The first kappa shape index (κ1) is 30.8. The second-order valence-corrected chi connectivity index (χ2v) is 11.7. The molecule has 0 aliphatic carbocycles. The van der Waals surface area contributed by atoms with Crippen molar-refractivity contribution in [2.24, 2.45) is 0 Å². The van der Waals surface area contributed by atoms with Crippen LogP contribution >= 0.6 is 0 Å². The highest BCUT2D eigenvalue weighted by Gasteiger charge is 2.34. The first-order valence-corrected chi connectivity index (χ1v) is 15.0. The van der Waals surface area contributed by atoms with Gasteiger partial charge in [0.1, 0.15) is 18.4 Å². The number of amides is 2. The third kappa shape index (κ3) is 7.69. The van der Waals surface area contributed by atoms with E-state index in [1.807, 2.05) is 19.9 Å². The number of nitrogens with zero attached hydrogens (tertiary/aromatic N) is 2. The number of benzene rings is 3. The smallest absolute Gasteiger partial charge is 0.264 e. The lowest BCUT2D eigenvalue weighted by atomic mass is 10.1. The molecule has 0 aliphatic heterocycles. The van der Waals surface area contributed by atoms with Crippen molar-refractivity contribution in [2.45, 2.75) is 64.4 Å². The molecule has 0 saturated heterocycles. The van der Waals surface area contributed by atoms with Gasteiger partial charge in [0.25, 0.3) is 10.0 Å². The topological polar surface area (TPSA) is 86.8 Å². The summed E-state index contributed by atoms with van der Waals surface area (Å²) in [6.07, 6.45) is 2.02. The molecule has 0 fully saturated rings. The Kier molecular flexibility index (Phi) is 10.8. The van der Waals surface area contributed by atoms with E-state index in [0.717, 1.165) is 22.7 Å². The minimum atomic E-state index is -4.13. The lowest BCUT2D eigenvalue weighted by molar-refractivity contribution is -0.140. The van der Waals surface area contributed by atoms with E-state index < -0.39 is 34.3 Å². The van der Waals surface area contributed by atoms with Crippen LogP contribution in [0.1, 0.15) is 49.8 Å². The van der Waals surface area contributed by atoms with E-state index in [4.69, 9.17) is 0 Å². The number of nitrogens with one attached hydrogen (secondary N) is 1. The van der Waals surface area contributed by atoms with E-state index in [-0.39, 0.29) is 17.3 Å². The van der Waals surface area contributed by atoms with Gasteiger partial charge in [0.05, 0.1) is 10.6 Å². The average Bonchev–Trinajstić information content (AvgIpc) is 2.93. The molecule has 0 aliphatic rings. The molecule has 214 valence electrons.